The number of nitrogens with two attached hydrogens (primary N) is 1. The summed E-state index contributed by atoms with van der Waals surface area (Å²) < 4.78 is 39.8. The normalized spacial score (nSPS) is 18.9. The second kappa shape index (κ2) is 13.6. The van der Waals surface area contributed by atoms with E-state index in [4.69, 9.17) is 25.5 Å². The summed E-state index contributed by atoms with van der Waals surface area (Å²) in [6.45, 7) is 6.99. The molecule has 3 aliphatic heterocycles. The topological polar surface area (TPSA) is 135 Å². The lowest BCUT2D eigenvalue weighted by Crippen LogP contribution is -2.60. The van der Waals surface area contributed by atoms with Crippen molar-refractivity contribution in [1.82, 2.24) is 34.9 Å². The lowest BCUT2D eigenvalue weighted by molar-refractivity contribution is -0.192. The molecule has 0 aliphatic carbocycles. The molecule has 7 rings (SSSR count). The molecule has 3 fully saturated rings. The number of hydrogen-bond donors (Lipinski definition) is 3. The van der Waals surface area contributed by atoms with Crippen molar-refractivity contribution in [3.8, 4) is 22.8 Å². The highest BCUT2D eigenvalue weighted by Gasteiger charge is 2.38. The molecular weight excluding hydrogens is 601 g/mol. The number of aliphatic carboxylic acids is 1. The number of likely N-dealkylation sites (tertiary alicyclic amines) is 2. The van der Waals surface area contributed by atoms with Crippen LogP contribution in [0.4, 0.5) is 19.0 Å². The van der Waals surface area contributed by atoms with E-state index in [-0.39, 0.29) is 0 Å². The van der Waals surface area contributed by atoms with Gasteiger partial charge in [-0.05, 0) is 62.1 Å². The summed E-state index contributed by atoms with van der Waals surface area (Å²) in [5, 5.41) is 16.5. The van der Waals surface area contributed by atoms with Gasteiger partial charge in [-0.3, -0.25) is 4.90 Å². The first kappa shape index (κ1) is 31.7. The number of para-hydroxylation sites is 1. The maximum atomic E-state index is 10.6. The van der Waals surface area contributed by atoms with Gasteiger partial charge in [-0.25, -0.2) is 19.4 Å². The number of carbonyl (C=O) groups is 1. The minimum Gasteiger partial charge on any atom is -0.475 e. The number of nitrogens with one attached hydrogen (secondary N) is 1. The fourth-order valence-corrected chi connectivity index (χ4v) is 6.40. The van der Waals surface area contributed by atoms with Crippen molar-refractivity contribution in [3.05, 3.63) is 60.9 Å². The number of hydrogen-bond acceptors (Lipinski definition) is 9. The van der Waals surface area contributed by atoms with Gasteiger partial charge in [-0.2, -0.15) is 18.3 Å². The Balaban J connectivity index is 0.000000480. The Labute approximate surface area is 264 Å². The highest BCUT2D eigenvalue weighted by molar-refractivity contribution is 5.98. The number of aromatic nitrogens is 4. The van der Waals surface area contributed by atoms with Crippen LogP contribution in [0.5, 0.6) is 11.5 Å². The first-order valence-electron chi connectivity index (χ1n) is 15.5. The molecular formula is C32H37F3N8O3. The molecule has 3 aliphatic rings. The largest absolute Gasteiger partial charge is 0.490 e. The first-order chi connectivity index (χ1) is 22.2. The van der Waals surface area contributed by atoms with E-state index in [0.717, 1.165) is 78.9 Å². The maximum Gasteiger partial charge on any atom is 0.490 e. The zero-order valence-electron chi connectivity index (χ0n) is 25.2. The van der Waals surface area contributed by atoms with E-state index in [2.05, 4.69) is 29.8 Å². The van der Waals surface area contributed by atoms with Gasteiger partial charge in [-0.1, -0.05) is 18.2 Å². The van der Waals surface area contributed by atoms with Crippen LogP contribution in [-0.4, -0.2) is 98.2 Å². The predicted octanol–water partition coefficient (Wildman–Crippen LogP) is 4.57. The Morgan fingerprint density at radius 2 is 1.41 bits per heavy atom. The number of carboxylic acids is 1. The van der Waals surface area contributed by atoms with Gasteiger partial charge < -0.3 is 25.8 Å². The summed E-state index contributed by atoms with van der Waals surface area (Å²) >= 11 is 0. The van der Waals surface area contributed by atoms with E-state index in [9.17, 15) is 13.2 Å². The number of piperidine rings is 2. The van der Waals surface area contributed by atoms with E-state index < -0.39 is 12.1 Å². The molecule has 3 saturated heterocycles. The molecule has 2 aromatic heterocycles. The molecule has 11 nitrogen and oxygen atoms in total. The van der Waals surface area contributed by atoms with Gasteiger partial charge in [0.15, 0.2) is 5.65 Å². The number of carboxylic acid groups (broad SMARTS) is 1. The predicted molar refractivity (Wildman–Crippen MR) is 166 cm³/mol. The van der Waals surface area contributed by atoms with Crippen molar-refractivity contribution < 1.29 is 27.8 Å². The number of nitrogens with zero attached hydrogens (tertiary/aromatic N) is 6. The average Bonchev–Trinajstić information content (AvgIpc) is 3.42. The van der Waals surface area contributed by atoms with Crippen molar-refractivity contribution in [2.45, 2.75) is 50.0 Å². The lowest BCUT2D eigenvalue weighted by atomic mass is 9.96. The molecule has 46 heavy (non-hydrogen) atoms. The number of benzene rings is 2. The van der Waals surface area contributed by atoms with E-state index in [1.165, 1.54) is 25.9 Å². The fourth-order valence-electron chi connectivity index (χ4n) is 6.40. The summed E-state index contributed by atoms with van der Waals surface area (Å²) in [7, 11) is 0. The van der Waals surface area contributed by atoms with Crippen LogP contribution < -0.4 is 15.8 Å². The molecule has 5 heterocycles. The van der Waals surface area contributed by atoms with Crippen LogP contribution in [0.25, 0.3) is 22.3 Å². The molecule has 0 saturated carbocycles. The van der Waals surface area contributed by atoms with Crippen LogP contribution in [-0.2, 0) is 4.79 Å². The Morgan fingerprint density at radius 1 is 0.848 bits per heavy atom. The Kier molecular flexibility index (Phi) is 9.38. The third-order valence-corrected chi connectivity index (χ3v) is 9.00. The first-order valence-corrected chi connectivity index (χ1v) is 15.5. The van der Waals surface area contributed by atoms with Crippen LogP contribution in [0, 0.1) is 0 Å². The average molecular weight is 639 g/mol. The summed E-state index contributed by atoms with van der Waals surface area (Å²) in [6, 6.07) is 19.6. The number of alkyl halides is 3. The molecule has 0 atom stereocenters. The van der Waals surface area contributed by atoms with Gasteiger partial charge in [0.25, 0.3) is 0 Å². The van der Waals surface area contributed by atoms with Crippen LogP contribution in [0.15, 0.2) is 60.9 Å². The van der Waals surface area contributed by atoms with Gasteiger partial charge >= 0.3 is 12.1 Å². The smallest absolute Gasteiger partial charge is 0.475 e. The number of halogens is 3. The monoisotopic (exact) mass is 638 g/mol. The highest BCUT2D eigenvalue weighted by Crippen LogP contribution is 2.36. The fraction of sp³-hybridized carbons (Fsp3) is 0.438. The molecule has 4 aromatic rings. The third-order valence-electron chi connectivity index (χ3n) is 9.00. The van der Waals surface area contributed by atoms with Crippen molar-refractivity contribution in [2.75, 3.05) is 45.0 Å². The standard InChI is InChI=1S/C30H36N8O.C2HF3O2/c31-29-27-28(21-6-8-26(9-7-21)39-25-4-2-1-3-5-25)35-38(30(27)34-20-33-29)23-12-16-36(17-13-23)22-10-14-37(15-11-22)24-18-32-19-24;3-2(4,5)1(6)7/h1-9,20,22-24,32H,10-19H2,(H2,31,33,34);(H,6,7). The number of nitrogen functional groups attached to an aromatic ring is 1. The van der Waals surface area contributed by atoms with Gasteiger partial charge in [-0.15, -0.1) is 0 Å². The molecule has 0 spiro atoms. The number of anilines is 1. The van der Waals surface area contributed by atoms with E-state index in [0.29, 0.717) is 17.9 Å². The number of ether oxygens (including phenoxy) is 1. The number of rotatable bonds is 6. The molecule has 0 radical (unpaired) electrons. The Morgan fingerprint density at radius 3 is 1.98 bits per heavy atom. The lowest BCUT2D eigenvalue weighted by Gasteiger charge is -2.45. The molecule has 244 valence electrons. The molecule has 14 heteroatoms. The van der Waals surface area contributed by atoms with Gasteiger partial charge in [0.05, 0.1) is 11.4 Å². The maximum absolute atomic E-state index is 10.6. The second-order valence-electron chi connectivity index (χ2n) is 11.8. The van der Waals surface area contributed by atoms with E-state index in [1.807, 2.05) is 54.6 Å². The Hall–Kier alpha value is -4.27. The number of fused-ring (bicyclic) bond motifs is 1. The second-order valence-corrected chi connectivity index (χ2v) is 11.8. The van der Waals surface area contributed by atoms with Crippen LogP contribution in [0.2, 0.25) is 0 Å². The quantitative estimate of drug-likeness (QED) is 0.276. The minimum atomic E-state index is -5.08. The summed E-state index contributed by atoms with van der Waals surface area (Å²) in [5.41, 5.74) is 9.02. The van der Waals surface area contributed by atoms with Gasteiger partial charge in [0.2, 0.25) is 0 Å². The van der Waals surface area contributed by atoms with Crippen molar-refractivity contribution in [1.29, 1.82) is 0 Å². The van der Waals surface area contributed by atoms with Gasteiger partial charge in [0.1, 0.15) is 29.3 Å². The van der Waals surface area contributed by atoms with Crippen molar-refractivity contribution in [3.63, 3.8) is 0 Å². The molecule has 4 N–H and O–H groups in total. The van der Waals surface area contributed by atoms with Crippen molar-refractivity contribution in [2.24, 2.45) is 0 Å². The molecule has 2 aromatic carbocycles. The zero-order valence-corrected chi connectivity index (χ0v) is 25.2. The highest BCUT2D eigenvalue weighted by atomic mass is 19.4. The summed E-state index contributed by atoms with van der Waals surface area (Å²) in [6.07, 6.45) is 1.16. The molecule has 0 unspecified atom stereocenters. The summed E-state index contributed by atoms with van der Waals surface area (Å²) in [5.74, 6) is -0.699. The SMILES string of the molecule is Nc1ncnc2c1c(-c1ccc(Oc3ccccc3)cc1)nn2C1CCN(C2CCN(C3CNC3)CC2)CC1.O=C(O)C(F)(F)F. The molecule has 0 bridgehead atoms. The summed E-state index contributed by atoms with van der Waals surface area (Å²) in [4.78, 5) is 23.2. The minimum absolute atomic E-state index is 0.300. The van der Waals surface area contributed by atoms with Crippen LogP contribution in [0.3, 0.4) is 0 Å². The van der Waals surface area contributed by atoms with E-state index in [1.54, 1.807) is 6.33 Å². The Bertz CT molecular complexity index is 1610. The zero-order chi connectivity index (χ0) is 32.3. The van der Waals surface area contributed by atoms with E-state index >= 15 is 0 Å². The third kappa shape index (κ3) is 7.08. The van der Waals surface area contributed by atoms with Crippen molar-refractivity contribution >= 4 is 22.8 Å². The van der Waals surface area contributed by atoms with Gasteiger partial charge in [0, 0.05) is 56.9 Å². The molecule has 0 amide bonds. The van der Waals surface area contributed by atoms with Crippen LogP contribution >= 0.6 is 0 Å². The van der Waals surface area contributed by atoms with Crippen LogP contribution in [0.1, 0.15) is 31.7 Å².